The van der Waals surface area contributed by atoms with E-state index in [1.54, 1.807) is 42.5 Å². The van der Waals surface area contributed by atoms with Crippen molar-refractivity contribution in [2.75, 3.05) is 13.2 Å². The third kappa shape index (κ3) is 9.68. The Labute approximate surface area is 184 Å². The molecular formula is C24H24F3O5. The fraction of sp³-hybridized carbons (Fsp3) is 0.292. The Morgan fingerprint density at radius 1 is 0.906 bits per heavy atom. The minimum absolute atomic E-state index is 0.00312. The monoisotopic (exact) mass is 449 g/mol. The van der Waals surface area contributed by atoms with E-state index in [1.165, 1.54) is 18.2 Å². The average Bonchev–Trinajstić information content (AvgIpc) is 2.76. The summed E-state index contributed by atoms with van der Waals surface area (Å²) in [6.45, 7) is 4.00. The molecule has 0 aromatic heterocycles. The molecule has 0 saturated carbocycles. The van der Waals surface area contributed by atoms with Crippen molar-refractivity contribution < 1.29 is 37.0 Å². The van der Waals surface area contributed by atoms with Crippen molar-refractivity contribution in [3.63, 3.8) is 0 Å². The summed E-state index contributed by atoms with van der Waals surface area (Å²) < 4.78 is 51.9. The summed E-state index contributed by atoms with van der Waals surface area (Å²) in [5, 5.41) is 0. The number of hydrogen-bond acceptors (Lipinski definition) is 5. The van der Waals surface area contributed by atoms with Gasteiger partial charge in [0.1, 0.15) is 11.5 Å². The van der Waals surface area contributed by atoms with Gasteiger partial charge in [0.05, 0.1) is 18.8 Å². The Balaban J connectivity index is 1.79. The number of hydrogen-bond donors (Lipinski definition) is 0. The topological polar surface area (TPSA) is 61.8 Å². The molecule has 1 radical (unpaired) electrons. The number of esters is 2. The molecule has 0 spiro atoms. The molecule has 2 aromatic carbocycles. The van der Waals surface area contributed by atoms with Gasteiger partial charge in [-0.1, -0.05) is 12.1 Å². The van der Waals surface area contributed by atoms with Crippen molar-refractivity contribution in [2.24, 2.45) is 0 Å². The van der Waals surface area contributed by atoms with Gasteiger partial charge < -0.3 is 14.2 Å². The van der Waals surface area contributed by atoms with E-state index in [0.29, 0.717) is 23.5 Å². The van der Waals surface area contributed by atoms with Crippen LogP contribution in [0.4, 0.5) is 13.2 Å². The Morgan fingerprint density at radius 3 is 2.19 bits per heavy atom. The quantitative estimate of drug-likeness (QED) is 0.188. The maximum absolute atomic E-state index is 12.3. The van der Waals surface area contributed by atoms with Gasteiger partial charge in [-0.3, -0.25) is 0 Å². The normalized spacial score (nSPS) is 11.4. The molecule has 0 aliphatic carbocycles. The van der Waals surface area contributed by atoms with Gasteiger partial charge in [-0.2, -0.15) is 13.2 Å². The van der Waals surface area contributed by atoms with Gasteiger partial charge in [-0.15, -0.1) is 0 Å². The van der Waals surface area contributed by atoms with Gasteiger partial charge in [-0.05, 0) is 74.2 Å². The van der Waals surface area contributed by atoms with E-state index in [1.807, 2.05) is 0 Å². The molecule has 8 heteroatoms. The summed E-state index contributed by atoms with van der Waals surface area (Å²) in [5.74, 6) is -0.241. The maximum Gasteiger partial charge on any atom is 0.389 e. The molecule has 0 fully saturated rings. The highest BCUT2D eigenvalue weighted by molar-refractivity contribution is 5.91. The number of carbonyl (C=O) groups is 2. The molecule has 0 N–H and O–H groups in total. The van der Waals surface area contributed by atoms with E-state index in [9.17, 15) is 22.8 Å². The molecule has 0 amide bonds. The van der Waals surface area contributed by atoms with Crippen LogP contribution < -0.4 is 9.47 Å². The molecule has 0 bridgehead atoms. The fourth-order valence-electron chi connectivity index (χ4n) is 2.50. The number of benzene rings is 2. The smallest absolute Gasteiger partial charge is 0.389 e. The van der Waals surface area contributed by atoms with Crippen LogP contribution >= 0.6 is 0 Å². The first-order valence-electron chi connectivity index (χ1n) is 10.0. The van der Waals surface area contributed by atoms with Gasteiger partial charge in [0.2, 0.25) is 0 Å². The summed E-state index contributed by atoms with van der Waals surface area (Å²) in [4.78, 5) is 23.7. The predicted octanol–water partition coefficient (Wildman–Crippen LogP) is 5.80. The lowest BCUT2D eigenvalue weighted by Gasteiger charge is -2.09. The third-order valence-corrected chi connectivity index (χ3v) is 4.10. The van der Waals surface area contributed by atoms with Crippen LogP contribution in [0, 0.1) is 6.92 Å². The Bertz CT molecular complexity index is 887. The molecule has 5 nitrogen and oxygen atoms in total. The van der Waals surface area contributed by atoms with Crippen molar-refractivity contribution in [2.45, 2.75) is 31.9 Å². The average molecular weight is 449 g/mol. The van der Waals surface area contributed by atoms with E-state index < -0.39 is 24.5 Å². The van der Waals surface area contributed by atoms with Gasteiger partial charge in [0.15, 0.2) is 0 Å². The number of rotatable bonds is 11. The second kappa shape index (κ2) is 12.5. The molecule has 0 unspecified atom stereocenters. The highest BCUT2D eigenvalue weighted by Gasteiger charge is 2.25. The van der Waals surface area contributed by atoms with Crippen molar-refractivity contribution in [3.05, 3.63) is 72.7 Å². The molecule has 0 aliphatic heterocycles. The minimum Gasteiger partial charge on any atom is -0.494 e. The SMILES string of the molecule is [CH2]CCOC(=O)/C=C/c1ccc(OC(=O)c2ccc(OCCCCC(F)(F)F)cc2)cc1. The second-order valence-electron chi connectivity index (χ2n) is 6.76. The zero-order chi connectivity index (χ0) is 23.4. The zero-order valence-electron chi connectivity index (χ0n) is 17.4. The van der Waals surface area contributed by atoms with Gasteiger partial charge >= 0.3 is 18.1 Å². The van der Waals surface area contributed by atoms with Crippen LogP contribution in [0.1, 0.15) is 41.6 Å². The third-order valence-electron chi connectivity index (χ3n) is 4.10. The first kappa shape index (κ1) is 25.0. The summed E-state index contributed by atoms with van der Waals surface area (Å²) >= 11 is 0. The van der Waals surface area contributed by atoms with Gasteiger partial charge in [-0.25, -0.2) is 9.59 Å². The molecule has 171 valence electrons. The van der Waals surface area contributed by atoms with Crippen molar-refractivity contribution >= 4 is 18.0 Å². The molecule has 0 saturated heterocycles. The number of ether oxygens (including phenoxy) is 3. The number of halogens is 3. The van der Waals surface area contributed by atoms with E-state index in [2.05, 4.69) is 6.92 Å². The number of carbonyl (C=O) groups excluding carboxylic acids is 2. The molecule has 0 aliphatic rings. The van der Waals surface area contributed by atoms with Crippen LogP contribution in [0.2, 0.25) is 0 Å². The van der Waals surface area contributed by atoms with Gasteiger partial charge in [0, 0.05) is 12.5 Å². The molecule has 2 aromatic rings. The first-order chi connectivity index (χ1) is 15.3. The minimum atomic E-state index is -4.15. The lowest BCUT2D eigenvalue weighted by molar-refractivity contribution is -0.137. The number of alkyl halides is 3. The molecule has 2 rings (SSSR count). The largest absolute Gasteiger partial charge is 0.494 e. The standard InChI is InChI=1S/C24H24F3O5/c1-2-16-31-22(28)14-7-18-5-10-21(11-6-18)32-23(29)19-8-12-20(13-9-19)30-17-4-3-15-24(25,26)27/h5-14H,1-4,15-17H2/b14-7+. The Morgan fingerprint density at radius 2 is 1.56 bits per heavy atom. The maximum atomic E-state index is 12.3. The fourth-order valence-corrected chi connectivity index (χ4v) is 2.50. The summed E-state index contributed by atoms with van der Waals surface area (Å²) in [5.41, 5.74) is 1.03. The highest BCUT2D eigenvalue weighted by atomic mass is 19.4. The summed E-state index contributed by atoms with van der Waals surface area (Å²) in [6.07, 6.45) is -1.31. The van der Waals surface area contributed by atoms with E-state index >= 15 is 0 Å². The zero-order valence-corrected chi connectivity index (χ0v) is 17.4. The Kier molecular flexibility index (Phi) is 9.78. The van der Waals surface area contributed by atoms with Crippen LogP contribution in [0.15, 0.2) is 54.6 Å². The molecular weight excluding hydrogens is 425 g/mol. The second-order valence-corrected chi connectivity index (χ2v) is 6.76. The van der Waals surface area contributed by atoms with Gasteiger partial charge in [0.25, 0.3) is 0 Å². The molecule has 0 atom stereocenters. The van der Waals surface area contributed by atoms with Crippen LogP contribution in [0.25, 0.3) is 6.08 Å². The Hall–Kier alpha value is -3.29. The summed E-state index contributed by atoms with van der Waals surface area (Å²) in [7, 11) is 0. The highest BCUT2D eigenvalue weighted by Crippen LogP contribution is 2.22. The van der Waals surface area contributed by atoms with Crippen LogP contribution in [0.3, 0.4) is 0 Å². The van der Waals surface area contributed by atoms with Crippen molar-refractivity contribution in [1.29, 1.82) is 0 Å². The van der Waals surface area contributed by atoms with E-state index in [-0.39, 0.29) is 26.1 Å². The first-order valence-corrected chi connectivity index (χ1v) is 10.0. The van der Waals surface area contributed by atoms with Crippen LogP contribution in [-0.4, -0.2) is 31.3 Å². The lowest BCUT2D eigenvalue weighted by Crippen LogP contribution is -2.09. The summed E-state index contributed by atoms with van der Waals surface area (Å²) in [6, 6.07) is 12.7. The number of unbranched alkanes of at least 4 members (excludes halogenated alkanes) is 1. The van der Waals surface area contributed by atoms with Crippen LogP contribution in [0.5, 0.6) is 11.5 Å². The lowest BCUT2D eigenvalue weighted by atomic mass is 10.2. The van der Waals surface area contributed by atoms with Crippen LogP contribution in [-0.2, 0) is 9.53 Å². The van der Waals surface area contributed by atoms with E-state index in [4.69, 9.17) is 14.2 Å². The predicted molar refractivity (Wildman–Crippen MR) is 113 cm³/mol. The molecule has 32 heavy (non-hydrogen) atoms. The molecule has 0 heterocycles. The van der Waals surface area contributed by atoms with E-state index in [0.717, 1.165) is 5.56 Å². The van der Waals surface area contributed by atoms with Crippen molar-refractivity contribution in [1.82, 2.24) is 0 Å². The van der Waals surface area contributed by atoms with Crippen molar-refractivity contribution in [3.8, 4) is 11.5 Å².